The Morgan fingerprint density at radius 1 is 1.19 bits per heavy atom. The summed E-state index contributed by atoms with van der Waals surface area (Å²) < 4.78 is 31.9. The summed E-state index contributed by atoms with van der Waals surface area (Å²) >= 11 is 0. The molecule has 2 aromatic rings. The van der Waals surface area contributed by atoms with E-state index < -0.39 is 31.8 Å². The SMILES string of the molecule is CS(=O)(=O)Nc1cc(-n2c(=O)c2=O)c([N+](=O)[O-])cc1OC1CCCCC1. The van der Waals surface area contributed by atoms with Gasteiger partial charge < -0.3 is 4.74 Å². The zero-order chi connectivity index (χ0) is 19.1. The van der Waals surface area contributed by atoms with Gasteiger partial charge in [-0.25, -0.2) is 13.0 Å². The first-order chi connectivity index (χ1) is 12.2. The quantitative estimate of drug-likeness (QED) is 0.447. The number of rotatable bonds is 6. The van der Waals surface area contributed by atoms with Gasteiger partial charge in [-0.15, -0.1) is 0 Å². The molecule has 1 aliphatic carbocycles. The average Bonchev–Trinajstić information content (AvgIpc) is 3.14. The summed E-state index contributed by atoms with van der Waals surface area (Å²) in [5.41, 5.74) is -2.62. The normalized spacial score (nSPS) is 15.9. The van der Waals surface area contributed by atoms with Gasteiger partial charge in [-0.05, 0) is 31.7 Å². The highest BCUT2D eigenvalue weighted by Crippen LogP contribution is 2.37. The van der Waals surface area contributed by atoms with Crippen molar-refractivity contribution in [3.63, 3.8) is 0 Å². The van der Waals surface area contributed by atoms with Crippen LogP contribution in [0.5, 0.6) is 5.75 Å². The largest absolute Gasteiger partial charge is 0.488 e. The number of nitro benzene ring substituents is 1. The third-order valence-electron chi connectivity index (χ3n) is 4.19. The van der Waals surface area contributed by atoms with Crippen molar-refractivity contribution < 1.29 is 18.1 Å². The van der Waals surface area contributed by atoms with E-state index in [1.165, 1.54) is 0 Å². The topological polar surface area (TPSA) is 138 Å². The van der Waals surface area contributed by atoms with Crippen molar-refractivity contribution in [1.82, 2.24) is 4.57 Å². The number of anilines is 1. The van der Waals surface area contributed by atoms with Crippen molar-refractivity contribution in [3.8, 4) is 11.4 Å². The van der Waals surface area contributed by atoms with Gasteiger partial charge in [-0.1, -0.05) is 6.42 Å². The summed E-state index contributed by atoms with van der Waals surface area (Å²) in [5, 5.41) is 11.4. The van der Waals surface area contributed by atoms with Crippen LogP contribution in [-0.2, 0) is 10.0 Å². The van der Waals surface area contributed by atoms with E-state index in [0.717, 1.165) is 50.5 Å². The van der Waals surface area contributed by atoms with Crippen molar-refractivity contribution in [1.29, 1.82) is 0 Å². The van der Waals surface area contributed by atoms with Gasteiger partial charge in [0.25, 0.3) is 5.69 Å². The van der Waals surface area contributed by atoms with Crippen LogP contribution in [0.25, 0.3) is 5.69 Å². The molecule has 10 nitrogen and oxygen atoms in total. The number of benzene rings is 1. The van der Waals surface area contributed by atoms with E-state index >= 15 is 0 Å². The second-order valence-electron chi connectivity index (χ2n) is 6.29. The Balaban J connectivity index is 2.09. The zero-order valence-corrected chi connectivity index (χ0v) is 14.7. The summed E-state index contributed by atoms with van der Waals surface area (Å²) in [5.74, 6) is -0.000442. The van der Waals surface area contributed by atoms with Crippen LogP contribution in [0, 0.1) is 10.1 Å². The molecule has 0 unspecified atom stereocenters. The number of hydrogen-bond donors (Lipinski definition) is 1. The Morgan fingerprint density at radius 2 is 1.81 bits per heavy atom. The first-order valence-corrected chi connectivity index (χ1v) is 9.92. The summed E-state index contributed by atoms with van der Waals surface area (Å²) in [7, 11) is -3.71. The van der Waals surface area contributed by atoms with E-state index in [2.05, 4.69) is 4.72 Å². The van der Waals surface area contributed by atoms with Crippen LogP contribution in [0.4, 0.5) is 11.4 Å². The van der Waals surface area contributed by atoms with Crippen molar-refractivity contribution >= 4 is 21.4 Å². The Bertz CT molecular complexity index is 1000. The minimum Gasteiger partial charge on any atom is -0.488 e. The fourth-order valence-electron chi connectivity index (χ4n) is 2.98. The lowest BCUT2D eigenvalue weighted by Gasteiger charge is -2.24. The van der Waals surface area contributed by atoms with Gasteiger partial charge in [0.1, 0.15) is 5.69 Å². The summed E-state index contributed by atoms with van der Waals surface area (Å²) in [6.07, 6.45) is 5.25. The smallest absolute Gasteiger partial charge is 0.324 e. The number of nitrogens with one attached hydrogen (secondary N) is 1. The van der Waals surface area contributed by atoms with Crippen LogP contribution >= 0.6 is 0 Å². The highest BCUT2D eigenvalue weighted by atomic mass is 32.2. The summed E-state index contributed by atoms with van der Waals surface area (Å²) in [6.45, 7) is 0. The third-order valence-corrected chi connectivity index (χ3v) is 4.79. The number of hydrogen-bond acceptors (Lipinski definition) is 7. The van der Waals surface area contributed by atoms with Gasteiger partial charge >= 0.3 is 11.1 Å². The standard InChI is InChI=1S/C15H17N3O7S/c1-26(23,24)16-10-7-11(17-14(19)15(17)20)12(18(21)22)8-13(10)25-9-5-3-2-4-6-9/h7-9,16H,2-6H2,1H3. The Hall–Kier alpha value is -2.69. The molecule has 1 fully saturated rings. The molecule has 1 saturated carbocycles. The molecular formula is C15H17N3O7S. The summed E-state index contributed by atoms with van der Waals surface area (Å²) in [4.78, 5) is 33.4. The fraction of sp³-hybridized carbons (Fsp3) is 0.467. The average molecular weight is 383 g/mol. The van der Waals surface area contributed by atoms with Gasteiger partial charge in [0.05, 0.1) is 29.0 Å². The second kappa shape index (κ2) is 6.56. The first-order valence-electron chi connectivity index (χ1n) is 8.02. The van der Waals surface area contributed by atoms with Gasteiger partial charge in [0, 0.05) is 0 Å². The van der Waals surface area contributed by atoms with Crippen LogP contribution in [0.15, 0.2) is 21.7 Å². The van der Waals surface area contributed by atoms with E-state index in [1.807, 2.05) is 0 Å². The van der Waals surface area contributed by atoms with Crippen LogP contribution in [0.1, 0.15) is 32.1 Å². The van der Waals surface area contributed by atoms with E-state index in [-0.39, 0.29) is 23.2 Å². The number of sulfonamides is 1. The van der Waals surface area contributed by atoms with E-state index in [4.69, 9.17) is 4.74 Å². The lowest BCUT2D eigenvalue weighted by Crippen LogP contribution is -2.21. The Morgan fingerprint density at radius 3 is 2.31 bits per heavy atom. The maximum atomic E-state index is 11.6. The molecule has 1 aliphatic rings. The number of nitro groups is 1. The zero-order valence-electron chi connectivity index (χ0n) is 13.9. The van der Waals surface area contributed by atoms with Gasteiger partial charge in [-0.3, -0.25) is 24.4 Å². The highest BCUT2D eigenvalue weighted by molar-refractivity contribution is 7.92. The molecule has 11 heteroatoms. The maximum Gasteiger partial charge on any atom is 0.324 e. The molecule has 0 bridgehead atoms. The van der Waals surface area contributed by atoms with Gasteiger partial charge in [-0.2, -0.15) is 0 Å². The molecule has 26 heavy (non-hydrogen) atoms. The number of aromatic nitrogens is 1. The van der Waals surface area contributed by atoms with E-state index in [1.54, 1.807) is 0 Å². The molecule has 0 aliphatic heterocycles. The predicted octanol–water partition coefficient (Wildman–Crippen LogP) is 1.06. The molecule has 1 aromatic heterocycles. The molecular weight excluding hydrogens is 366 g/mol. The van der Waals surface area contributed by atoms with Crippen molar-refractivity contribution in [2.45, 2.75) is 38.2 Å². The molecule has 0 saturated heterocycles. The van der Waals surface area contributed by atoms with Crippen LogP contribution in [0.2, 0.25) is 0 Å². The first kappa shape index (κ1) is 18.1. The lowest BCUT2D eigenvalue weighted by molar-refractivity contribution is -0.384. The molecule has 0 atom stereocenters. The third kappa shape index (κ3) is 3.77. The Labute approximate surface area is 148 Å². The van der Waals surface area contributed by atoms with Gasteiger partial charge in [0.2, 0.25) is 10.0 Å². The molecule has 3 rings (SSSR count). The van der Waals surface area contributed by atoms with E-state index in [9.17, 15) is 28.1 Å². The van der Waals surface area contributed by atoms with Crippen LogP contribution in [-0.4, -0.2) is 30.3 Å². The Kier molecular flexibility index (Phi) is 4.57. The van der Waals surface area contributed by atoms with Gasteiger partial charge in [0.15, 0.2) is 5.75 Å². The lowest BCUT2D eigenvalue weighted by atomic mass is 9.98. The molecule has 0 spiro atoms. The van der Waals surface area contributed by atoms with Crippen molar-refractivity contribution in [2.75, 3.05) is 11.0 Å². The monoisotopic (exact) mass is 383 g/mol. The predicted molar refractivity (Wildman–Crippen MR) is 93.3 cm³/mol. The van der Waals surface area contributed by atoms with Crippen LogP contribution < -0.4 is 20.6 Å². The fourth-order valence-corrected chi connectivity index (χ4v) is 3.54. The maximum absolute atomic E-state index is 11.6. The van der Waals surface area contributed by atoms with Crippen molar-refractivity contribution in [3.05, 3.63) is 43.0 Å². The van der Waals surface area contributed by atoms with E-state index in [0.29, 0.717) is 4.57 Å². The molecule has 1 N–H and O–H groups in total. The second-order valence-corrected chi connectivity index (χ2v) is 8.04. The molecule has 140 valence electrons. The molecule has 0 amide bonds. The number of nitrogens with zero attached hydrogens (tertiary/aromatic N) is 2. The van der Waals surface area contributed by atoms with Crippen molar-refractivity contribution in [2.24, 2.45) is 0 Å². The molecule has 1 heterocycles. The van der Waals surface area contributed by atoms with Crippen LogP contribution in [0.3, 0.4) is 0 Å². The summed E-state index contributed by atoms with van der Waals surface area (Å²) in [6, 6.07) is 2.14. The molecule has 0 radical (unpaired) electrons. The minimum atomic E-state index is -3.71. The molecule has 1 aromatic carbocycles. The highest BCUT2D eigenvalue weighted by Gasteiger charge is 2.30. The number of ether oxygens (including phenoxy) is 1. The minimum absolute atomic E-state index is 0.000442.